The Morgan fingerprint density at radius 3 is 2.36 bits per heavy atom. The molecule has 0 aliphatic carbocycles. The Kier molecular flexibility index (Phi) is 7.69. The van der Waals surface area contributed by atoms with Crippen molar-refractivity contribution in [2.45, 2.75) is 31.8 Å². The number of rotatable bonds is 8. The summed E-state index contributed by atoms with van der Waals surface area (Å²) in [6, 6.07) is 11.2. The van der Waals surface area contributed by atoms with E-state index in [0.29, 0.717) is 0 Å². The van der Waals surface area contributed by atoms with Crippen LogP contribution in [0.3, 0.4) is 0 Å². The largest absolute Gasteiger partial charge is 0.368 e. The first-order chi connectivity index (χ1) is 13.3. The molecule has 0 bridgehead atoms. The molecular formula is C20H21BrFN3O3. The lowest BCUT2D eigenvalue weighted by atomic mass is 10.0. The molecule has 2 rings (SSSR count). The lowest BCUT2D eigenvalue weighted by Crippen LogP contribution is -2.54. The minimum absolute atomic E-state index is 0.0551. The number of carbonyl (C=O) groups excluding carboxylic acids is 3. The maximum atomic E-state index is 13.9. The Hall–Kier alpha value is -2.74. The average Bonchev–Trinajstić information content (AvgIpc) is 2.62. The Labute approximate surface area is 170 Å². The molecule has 8 heteroatoms. The van der Waals surface area contributed by atoms with Crippen LogP contribution in [-0.2, 0) is 27.2 Å². The second-order valence-corrected chi connectivity index (χ2v) is 7.26. The van der Waals surface area contributed by atoms with Gasteiger partial charge in [-0.2, -0.15) is 0 Å². The minimum Gasteiger partial charge on any atom is -0.368 e. The lowest BCUT2D eigenvalue weighted by molar-refractivity contribution is -0.130. The number of nitrogens with two attached hydrogens (primary N) is 1. The van der Waals surface area contributed by atoms with Crippen LogP contribution >= 0.6 is 15.9 Å². The van der Waals surface area contributed by atoms with Gasteiger partial charge in [-0.15, -0.1) is 0 Å². The Morgan fingerprint density at radius 2 is 1.75 bits per heavy atom. The summed E-state index contributed by atoms with van der Waals surface area (Å²) in [5, 5.41) is 5.06. The van der Waals surface area contributed by atoms with Crippen molar-refractivity contribution in [3.8, 4) is 0 Å². The highest BCUT2D eigenvalue weighted by Crippen LogP contribution is 2.14. The zero-order valence-corrected chi connectivity index (χ0v) is 16.8. The van der Waals surface area contributed by atoms with Crippen molar-refractivity contribution >= 4 is 33.7 Å². The first-order valence-electron chi connectivity index (χ1n) is 8.61. The molecule has 0 aromatic heterocycles. The van der Waals surface area contributed by atoms with E-state index >= 15 is 0 Å². The highest BCUT2D eigenvalue weighted by atomic mass is 79.9. The first-order valence-corrected chi connectivity index (χ1v) is 9.40. The minimum atomic E-state index is -1.04. The predicted molar refractivity (Wildman–Crippen MR) is 107 cm³/mol. The molecule has 0 spiro atoms. The topological polar surface area (TPSA) is 101 Å². The van der Waals surface area contributed by atoms with Crippen molar-refractivity contribution in [1.29, 1.82) is 0 Å². The van der Waals surface area contributed by atoms with Crippen LogP contribution in [0.25, 0.3) is 0 Å². The Morgan fingerprint density at radius 1 is 1.04 bits per heavy atom. The van der Waals surface area contributed by atoms with Gasteiger partial charge in [-0.1, -0.05) is 46.3 Å². The van der Waals surface area contributed by atoms with E-state index in [0.717, 1.165) is 10.0 Å². The molecule has 28 heavy (non-hydrogen) atoms. The van der Waals surface area contributed by atoms with E-state index in [-0.39, 0.29) is 18.4 Å². The second kappa shape index (κ2) is 9.98. The maximum absolute atomic E-state index is 13.9. The molecule has 0 aliphatic heterocycles. The van der Waals surface area contributed by atoms with Crippen molar-refractivity contribution < 1.29 is 18.8 Å². The normalized spacial score (nSPS) is 12.7. The van der Waals surface area contributed by atoms with Crippen LogP contribution in [0.15, 0.2) is 53.0 Å². The fraction of sp³-hybridized carbons (Fsp3) is 0.250. The van der Waals surface area contributed by atoms with Gasteiger partial charge in [0.15, 0.2) is 0 Å². The van der Waals surface area contributed by atoms with E-state index in [1.807, 2.05) is 12.1 Å². The highest BCUT2D eigenvalue weighted by molar-refractivity contribution is 9.10. The molecule has 6 nitrogen and oxygen atoms in total. The van der Waals surface area contributed by atoms with Crippen LogP contribution < -0.4 is 16.4 Å². The molecule has 2 atom stereocenters. The van der Waals surface area contributed by atoms with Gasteiger partial charge in [0.25, 0.3) is 0 Å². The summed E-state index contributed by atoms with van der Waals surface area (Å²) >= 11 is 3.35. The molecule has 3 amide bonds. The van der Waals surface area contributed by atoms with Crippen LogP contribution in [0, 0.1) is 5.82 Å². The third-order valence-electron chi connectivity index (χ3n) is 4.06. The third kappa shape index (κ3) is 6.45. The second-order valence-electron chi connectivity index (χ2n) is 6.35. The van der Waals surface area contributed by atoms with Gasteiger partial charge in [-0.05, 0) is 29.3 Å². The average molecular weight is 450 g/mol. The van der Waals surface area contributed by atoms with E-state index in [2.05, 4.69) is 26.6 Å². The standard InChI is InChI=1S/C20H21BrFN3O3/c1-12(26)24-18(11-14-6-2-3-8-16(14)22)20(28)25-17(19(23)27)10-13-5-4-7-15(21)9-13/h2-9,17-18H,10-11H2,1H3,(H2,23,27)(H,24,26)(H,25,28)/t17-,18+/m1/s1. The van der Waals surface area contributed by atoms with Crippen LogP contribution in [0.5, 0.6) is 0 Å². The van der Waals surface area contributed by atoms with Gasteiger partial charge < -0.3 is 16.4 Å². The fourth-order valence-electron chi connectivity index (χ4n) is 2.73. The number of carbonyl (C=O) groups is 3. The number of primary amides is 1. The van der Waals surface area contributed by atoms with Crippen molar-refractivity contribution in [3.05, 3.63) is 69.9 Å². The molecule has 0 unspecified atom stereocenters. The number of hydrogen-bond donors (Lipinski definition) is 3. The summed E-state index contributed by atoms with van der Waals surface area (Å²) in [6.07, 6.45) is 0.132. The van der Waals surface area contributed by atoms with E-state index in [1.165, 1.54) is 25.1 Å². The maximum Gasteiger partial charge on any atom is 0.243 e. The molecule has 148 valence electrons. The van der Waals surface area contributed by atoms with Gasteiger partial charge in [-0.3, -0.25) is 14.4 Å². The number of benzene rings is 2. The van der Waals surface area contributed by atoms with Gasteiger partial charge in [0.1, 0.15) is 17.9 Å². The summed E-state index contributed by atoms with van der Waals surface area (Å²) in [5.74, 6) is -2.25. The van der Waals surface area contributed by atoms with Gasteiger partial charge in [0, 0.05) is 24.2 Å². The first kappa shape index (κ1) is 21.6. The van der Waals surface area contributed by atoms with Crippen LogP contribution in [0.1, 0.15) is 18.1 Å². The van der Waals surface area contributed by atoms with Crippen molar-refractivity contribution in [2.75, 3.05) is 0 Å². The quantitative estimate of drug-likeness (QED) is 0.572. The molecule has 0 fully saturated rings. The Balaban J connectivity index is 2.15. The van der Waals surface area contributed by atoms with Crippen LogP contribution in [0.4, 0.5) is 4.39 Å². The highest BCUT2D eigenvalue weighted by Gasteiger charge is 2.26. The third-order valence-corrected chi connectivity index (χ3v) is 4.56. The van der Waals surface area contributed by atoms with Gasteiger partial charge in [-0.25, -0.2) is 4.39 Å². The SMILES string of the molecule is CC(=O)N[C@@H](Cc1ccccc1F)C(=O)N[C@H](Cc1cccc(Br)c1)C(N)=O. The van der Waals surface area contributed by atoms with Gasteiger partial charge >= 0.3 is 0 Å². The molecule has 4 N–H and O–H groups in total. The fourth-order valence-corrected chi connectivity index (χ4v) is 3.18. The summed E-state index contributed by atoms with van der Waals surface area (Å²) < 4.78 is 14.8. The molecular weight excluding hydrogens is 429 g/mol. The van der Waals surface area contributed by atoms with Crippen LogP contribution in [-0.4, -0.2) is 29.8 Å². The number of halogens is 2. The zero-order chi connectivity index (χ0) is 20.7. The number of amides is 3. The summed E-state index contributed by atoms with van der Waals surface area (Å²) in [7, 11) is 0. The molecule has 0 heterocycles. The summed E-state index contributed by atoms with van der Waals surface area (Å²) in [5.41, 5.74) is 6.51. The Bertz CT molecular complexity index is 875. The van der Waals surface area contributed by atoms with Gasteiger partial charge in [0.2, 0.25) is 17.7 Å². The predicted octanol–water partition coefficient (Wildman–Crippen LogP) is 1.85. The van der Waals surface area contributed by atoms with Crippen LogP contribution in [0.2, 0.25) is 0 Å². The van der Waals surface area contributed by atoms with Crippen molar-refractivity contribution in [1.82, 2.24) is 10.6 Å². The summed E-state index contributed by atoms with van der Waals surface area (Å²) in [6.45, 7) is 1.26. The van der Waals surface area contributed by atoms with E-state index in [1.54, 1.807) is 18.2 Å². The van der Waals surface area contributed by atoms with Crippen molar-refractivity contribution in [2.24, 2.45) is 5.73 Å². The number of hydrogen-bond acceptors (Lipinski definition) is 3. The van der Waals surface area contributed by atoms with Gasteiger partial charge in [0.05, 0.1) is 0 Å². The molecule has 0 radical (unpaired) electrons. The van der Waals surface area contributed by atoms with E-state index < -0.39 is 35.6 Å². The van der Waals surface area contributed by atoms with E-state index in [9.17, 15) is 18.8 Å². The number of nitrogens with one attached hydrogen (secondary N) is 2. The smallest absolute Gasteiger partial charge is 0.243 e. The zero-order valence-electron chi connectivity index (χ0n) is 15.2. The monoisotopic (exact) mass is 449 g/mol. The lowest BCUT2D eigenvalue weighted by Gasteiger charge is -2.22. The van der Waals surface area contributed by atoms with E-state index in [4.69, 9.17) is 5.73 Å². The molecule has 0 aliphatic rings. The molecule has 0 saturated heterocycles. The van der Waals surface area contributed by atoms with Crippen molar-refractivity contribution in [3.63, 3.8) is 0 Å². The molecule has 0 saturated carbocycles. The molecule has 2 aromatic rings. The summed E-state index contributed by atoms with van der Waals surface area (Å²) in [4.78, 5) is 36.0. The molecule has 2 aromatic carbocycles.